The molecule has 10 rings (SSSR count). The quantitative estimate of drug-likeness (QED) is 0.182. The van der Waals surface area contributed by atoms with Crippen molar-refractivity contribution >= 4 is 54.5 Å². The third-order valence-corrected chi connectivity index (χ3v) is 9.29. The van der Waals surface area contributed by atoms with Crippen molar-refractivity contribution in [3.8, 4) is 45.1 Å². The summed E-state index contributed by atoms with van der Waals surface area (Å²) in [5.41, 5.74) is 10.0. The molecule has 0 aliphatic rings. The predicted molar refractivity (Wildman–Crippen MR) is 199 cm³/mol. The number of benzene rings is 6. The minimum atomic E-state index is 0.559. The molecule has 0 N–H and O–H groups in total. The van der Waals surface area contributed by atoms with Gasteiger partial charge in [0.2, 0.25) is 5.89 Å². The van der Waals surface area contributed by atoms with Crippen molar-refractivity contribution in [3.63, 3.8) is 0 Å². The summed E-state index contributed by atoms with van der Waals surface area (Å²) in [6.07, 6.45) is 3.75. The molecule has 0 amide bonds. The van der Waals surface area contributed by atoms with E-state index < -0.39 is 0 Å². The Morgan fingerprint density at radius 2 is 1.14 bits per heavy atom. The monoisotopic (exact) mass is 626 g/mol. The van der Waals surface area contributed by atoms with Gasteiger partial charge in [-0.1, -0.05) is 91.0 Å². The summed E-state index contributed by atoms with van der Waals surface area (Å²) >= 11 is 0. The fraction of sp³-hybridized carbons (Fsp3) is 0. The summed E-state index contributed by atoms with van der Waals surface area (Å²) in [4.78, 5) is 19.8. The molecule has 4 heterocycles. The van der Waals surface area contributed by atoms with Crippen LogP contribution in [0.1, 0.15) is 0 Å². The highest BCUT2D eigenvalue weighted by Gasteiger charge is 2.16. The number of para-hydroxylation sites is 2. The Kier molecular flexibility index (Phi) is 6.11. The Labute approximate surface area is 281 Å². The highest BCUT2D eigenvalue weighted by molar-refractivity contribution is 6.04. The minimum absolute atomic E-state index is 0.559. The van der Waals surface area contributed by atoms with E-state index in [2.05, 4.69) is 120 Å². The predicted octanol–water partition coefficient (Wildman–Crippen LogP) is 11.3. The van der Waals surface area contributed by atoms with Gasteiger partial charge < -0.3 is 4.42 Å². The summed E-state index contributed by atoms with van der Waals surface area (Å²) in [6.45, 7) is 0. The van der Waals surface area contributed by atoms with Gasteiger partial charge in [-0.05, 0) is 76.3 Å². The van der Waals surface area contributed by atoms with E-state index in [1.807, 2.05) is 42.7 Å². The van der Waals surface area contributed by atoms with Gasteiger partial charge in [-0.25, -0.2) is 9.97 Å². The standard InChI is InChI=1S/C44H26N4O/c1-2-9-29-20-31(17-15-27(29)8-1)41-37-12-4-3-10-30(37)25-39(47-41)34-22-33(23-35(24-34)44-48-38-13-5-6-14-40(38)49-44)36-21-32-18-16-28-11-7-19-45-42(28)43(32)46-26-36/h1-26H. The minimum Gasteiger partial charge on any atom is -0.436 e. The van der Waals surface area contributed by atoms with Crippen molar-refractivity contribution in [2.45, 2.75) is 0 Å². The first-order valence-corrected chi connectivity index (χ1v) is 16.3. The van der Waals surface area contributed by atoms with Crippen molar-refractivity contribution in [1.29, 1.82) is 0 Å². The van der Waals surface area contributed by atoms with Gasteiger partial charge in [0.15, 0.2) is 5.58 Å². The lowest BCUT2D eigenvalue weighted by molar-refractivity contribution is 0.620. The summed E-state index contributed by atoms with van der Waals surface area (Å²) in [5.74, 6) is 0.559. The maximum absolute atomic E-state index is 6.30. The largest absolute Gasteiger partial charge is 0.436 e. The van der Waals surface area contributed by atoms with Crippen LogP contribution >= 0.6 is 0 Å². The molecule has 0 saturated carbocycles. The van der Waals surface area contributed by atoms with Crippen LogP contribution < -0.4 is 0 Å². The Morgan fingerprint density at radius 1 is 0.429 bits per heavy atom. The SMILES string of the molecule is c1ccc2cc(-c3nc(-c4cc(-c5cnc6c(ccc7cccnc76)c5)cc(-c5nc6ccccc6o5)c4)cc4ccccc34)ccc2c1. The van der Waals surface area contributed by atoms with Crippen molar-refractivity contribution in [1.82, 2.24) is 19.9 Å². The Bertz CT molecular complexity index is 2880. The molecule has 0 fully saturated rings. The first-order valence-electron chi connectivity index (χ1n) is 16.3. The number of pyridine rings is 3. The fourth-order valence-electron chi connectivity index (χ4n) is 6.86. The molecule has 0 spiro atoms. The molecule has 0 aliphatic carbocycles. The van der Waals surface area contributed by atoms with E-state index in [0.29, 0.717) is 5.89 Å². The molecule has 0 radical (unpaired) electrons. The van der Waals surface area contributed by atoms with E-state index in [1.54, 1.807) is 0 Å². The number of fused-ring (bicyclic) bond motifs is 6. The van der Waals surface area contributed by atoms with Crippen LogP contribution in [0.25, 0.3) is 99.5 Å². The van der Waals surface area contributed by atoms with Gasteiger partial charge in [0.05, 0.1) is 22.4 Å². The number of rotatable bonds is 4. The van der Waals surface area contributed by atoms with E-state index in [4.69, 9.17) is 19.4 Å². The van der Waals surface area contributed by atoms with Gasteiger partial charge >= 0.3 is 0 Å². The van der Waals surface area contributed by atoms with Crippen LogP contribution in [-0.2, 0) is 0 Å². The lowest BCUT2D eigenvalue weighted by Gasteiger charge is -2.13. The third-order valence-electron chi connectivity index (χ3n) is 9.29. The van der Waals surface area contributed by atoms with Crippen LogP contribution in [0.15, 0.2) is 162 Å². The summed E-state index contributed by atoms with van der Waals surface area (Å²) in [6, 6.07) is 50.4. The molecule has 6 aromatic carbocycles. The molecule has 0 atom stereocenters. The summed E-state index contributed by atoms with van der Waals surface area (Å²) < 4.78 is 6.30. The van der Waals surface area contributed by atoms with Crippen LogP contribution in [-0.4, -0.2) is 19.9 Å². The molecule has 228 valence electrons. The van der Waals surface area contributed by atoms with Gasteiger partial charge in [0, 0.05) is 50.8 Å². The van der Waals surface area contributed by atoms with Gasteiger partial charge in [0.1, 0.15) is 5.52 Å². The maximum atomic E-state index is 6.30. The van der Waals surface area contributed by atoms with E-state index >= 15 is 0 Å². The third kappa shape index (κ3) is 4.71. The molecule has 0 bridgehead atoms. The van der Waals surface area contributed by atoms with Crippen LogP contribution in [0, 0.1) is 0 Å². The van der Waals surface area contributed by atoms with Crippen LogP contribution in [0.5, 0.6) is 0 Å². The molecule has 0 aliphatic heterocycles. The summed E-state index contributed by atoms with van der Waals surface area (Å²) in [7, 11) is 0. The molecule has 4 aromatic heterocycles. The molecule has 5 nitrogen and oxygen atoms in total. The molecule has 0 saturated heterocycles. The highest BCUT2D eigenvalue weighted by Crippen LogP contribution is 2.37. The first-order chi connectivity index (χ1) is 24.2. The zero-order valence-corrected chi connectivity index (χ0v) is 26.2. The number of hydrogen-bond acceptors (Lipinski definition) is 5. The second-order valence-corrected chi connectivity index (χ2v) is 12.4. The molecule has 49 heavy (non-hydrogen) atoms. The molecular formula is C44H26N4O. The van der Waals surface area contributed by atoms with Crippen LogP contribution in [0.2, 0.25) is 0 Å². The second-order valence-electron chi connectivity index (χ2n) is 12.4. The number of aromatic nitrogens is 4. The second kappa shape index (κ2) is 10.9. The fourth-order valence-corrected chi connectivity index (χ4v) is 6.86. The topological polar surface area (TPSA) is 64.7 Å². The van der Waals surface area contributed by atoms with Crippen molar-refractivity contribution in [2.75, 3.05) is 0 Å². The molecule has 0 unspecified atom stereocenters. The lowest BCUT2D eigenvalue weighted by Crippen LogP contribution is -1.93. The Hall–Kier alpha value is -6.72. The summed E-state index contributed by atoms with van der Waals surface area (Å²) in [5, 5.41) is 6.71. The normalized spacial score (nSPS) is 11.7. The lowest BCUT2D eigenvalue weighted by atomic mass is 9.95. The number of hydrogen-bond donors (Lipinski definition) is 0. The molecule has 5 heteroatoms. The van der Waals surface area contributed by atoms with E-state index in [0.717, 1.165) is 82.9 Å². The van der Waals surface area contributed by atoms with Gasteiger partial charge in [-0.3, -0.25) is 9.97 Å². The Balaban J connectivity index is 1.20. The average Bonchev–Trinajstić information content (AvgIpc) is 3.61. The first kappa shape index (κ1) is 27.4. The maximum Gasteiger partial charge on any atom is 0.227 e. The van der Waals surface area contributed by atoms with Crippen LogP contribution in [0.3, 0.4) is 0 Å². The van der Waals surface area contributed by atoms with Crippen molar-refractivity contribution in [3.05, 3.63) is 158 Å². The van der Waals surface area contributed by atoms with E-state index in [9.17, 15) is 0 Å². The number of nitrogens with zero attached hydrogens (tertiary/aromatic N) is 4. The van der Waals surface area contributed by atoms with Crippen molar-refractivity contribution in [2.24, 2.45) is 0 Å². The zero-order valence-electron chi connectivity index (χ0n) is 26.2. The van der Waals surface area contributed by atoms with E-state index in [1.165, 1.54) is 10.8 Å². The highest BCUT2D eigenvalue weighted by atomic mass is 16.3. The Morgan fingerprint density at radius 3 is 2.08 bits per heavy atom. The van der Waals surface area contributed by atoms with E-state index in [-0.39, 0.29) is 0 Å². The van der Waals surface area contributed by atoms with Gasteiger partial charge in [0.25, 0.3) is 0 Å². The molecular weight excluding hydrogens is 601 g/mol. The van der Waals surface area contributed by atoms with Gasteiger partial charge in [-0.15, -0.1) is 0 Å². The zero-order chi connectivity index (χ0) is 32.3. The molecule has 10 aromatic rings. The van der Waals surface area contributed by atoms with Crippen molar-refractivity contribution < 1.29 is 4.42 Å². The van der Waals surface area contributed by atoms with Gasteiger partial charge in [-0.2, -0.15) is 0 Å². The number of oxazole rings is 1. The van der Waals surface area contributed by atoms with Crippen LogP contribution in [0.4, 0.5) is 0 Å². The average molecular weight is 627 g/mol. The smallest absolute Gasteiger partial charge is 0.227 e.